The Hall–Kier alpha value is -0.620. The van der Waals surface area contributed by atoms with Crippen molar-refractivity contribution in [1.29, 1.82) is 0 Å². The first kappa shape index (κ1) is 11.5. The van der Waals surface area contributed by atoms with E-state index in [1.807, 2.05) is 0 Å². The van der Waals surface area contributed by atoms with E-state index in [9.17, 15) is 13.2 Å². The number of nitrogens with two attached hydrogens (primary N) is 1. The summed E-state index contributed by atoms with van der Waals surface area (Å²) in [6, 6.07) is 1.29. The first-order valence-electron chi connectivity index (χ1n) is 3.82. The first-order chi connectivity index (χ1) is 6.39. The molecule has 0 aliphatic carbocycles. The van der Waals surface area contributed by atoms with Gasteiger partial charge in [0.15, 0.2) is 0 Å². The molecule has 1 rings (SSSR count). The summed E-state index contributed by atoms with van der Waals surface area (Å²) in [4.78, 5) is 3.80. The smallest absolute Gasteiger partial charge is 0.320 e. The summed E-state index contributed by atoms with van der Waals surface area (Å²) in [6.07, 6.45) is -3.22. The first-order valence-corrected chi connectivity index (χ1v) is 4.61. The van der Waals surface area contributed by atoms with Gasteiger partial charge in [0.2, 0.25) is 0 Å². The lowest BCUT2D eigenvalue weighted by atomic mass is 10.1. The third kappa shape index (κ3) is 3.26. The Balaban J connectivity index is 2.65. The van der Waals surface area contributed by atoms with E-state index in [0.29, 0.717) is 5.69 Å². The number of halogens is 4. The summed E-state index contributed by atoms with van der Waals surface area (Å²) in [7, 11) is 0. The van der Waals surface area contributed by atoms with Crippen LogP contribution in [0.5, 0.6) is 0 Å². The molecule has 1 atom stereocenters. The molecule has 0 radical (unpaired) electrons. The van der Waals surface area contributed by atoms with Crippen LogP contribution in [0.25, 0.3) is 0 Å². The second-order valence-corrected chi connectivity index (χ2v) is 3.74. The topological polar surface area (TPSA) is 38.9 Å². The lowest BCUT2D eigenvalue weighted by Crippen LogP contribution is -2.39. The molecule has 0 fully saturated rings. The second-order valence-electron chi connectivity index (χ2n) is 2.82. The minimum Gasteiger partial charge on any atom is -0.320 e. The molecule has 78 valence electrons. The maximum absolute atomic E-state index is 12.1. The van der Waals surface area contributed by atoms with Crippen LogP contribution in [0.15, 0.2) is 22.8 Å². The maximum atomic E-state index is 12.1. The Bertz CT molecular complexity index is 296. The van der Waals surface area contributed by atoms with Crippen LogP contribution in [-0.4, -0.2) is 17.2 Å². The SMILES string of the molecule is NC(Cc1ccc(Br)cn1)C(F)(F)F. The largest absolute Gasteiger partial charge is 0.404 e. The molecule has 1 aromatic rings. The lowest BCUT2D eigenvalue weighted by molar-refractivity contribution is -0.147. The molecule has 1 unspecified atom stereocenters. The summed E-state index contributed by atoms with van der Waals surface area (Å²) < 4.78 is 36.9. The zero-order valence-corrected chi connectivity index (χ0v) is 8.64. The Morgan fingerprint density at radius 2 is 2.07 bits per heavy atom. The lowest BCUT2D eigenvalue weighted by Gasteiger charge is -2.14. The molecule has 0 aromatic carbocycles. The van der Waals surface area contributed by atoms with E-state index in [-0.39, 0.29) is 6.42 Å². The fraction of sp³-hybridized carbons (Fsp3) is 0.375. The summed E-state index contributed by atoms with van der Waals surface area (Å²) >= 11 is 3.14. The zero-order valence-electron chi connectivity index (χ0n) is 7.05. The fourth-order valence-electron chi connectivity index (χ4n) is 0.868. The number of pyridine rings is 1. The summed E-state index contributed by atoms with van der Waals surface area (Å²) in [6.45, 7) is 0. The van der Waals surface area contributed by atoms with Gasteiger partial charge in [0.25, 0.3) is 0 Å². The molecular weight excluding hydrogens is 261 g/mol. The van der Waals surface area contributed by atoms with Crippen molar-refractivity contribution in [2.45, 2.75) is 18.6 Å². The zero-order chi connectivity index (χ0) is 10.8. The number of hydrogen-bond acceptors (Lipinski definition) is 2. The van der Waals surface area contributed by atoms with Crippen molar-refractivity contribution >= 4 is 15.9 Å². The number of alkyl halides is 3. The normalized spacial score (nSPS) is 14.1. The minimum atomic E-state index is -4.37. The van der Waals surface area contributed by atoms with Gasteiger partial charge >= 0.3 is 6.18 Å². The van der Waals surface area contributed by atoms with Gasteiger partial charge in [-0.2, -0.15) is 13.2 Å². The van der Waals surface area contributed by atoms with Crippen LogP contribution in [0.1, 0.15) is 5.69 Å². The van der Waals surface area contributed by atoms with Gasteiger partial charge in [0, 0.05) is 22.8 Å². The molecular formula is C8H8BrF3N2. The third-order valence-corrected chi connectivity index (χ3v) is 2.11. The van der Waals surface area contributed by atoms with Gasteiger partial charge < -0.3 is 5.73 Å². The van der Waals surface area contributed by atoms with E-state index in [1.165, 1.54) is 12.3 Å². The summed E-state index contributed by atoms with van der Waals surface area (Å²) in [5.41, 5.74) is 5.28. The highest BCUT2D eigenvalue weighted by Gasteiger charge is 2.36. The standard InChI is InChI=1S/C8H8BrF3N2/c9-5-1-2-6(14-4-5)3-7(13)8(10,11)12/h1-2,4,7H,3,13H2. The highest BCUT2D eigenvalue weighted by atomic mass is 79.9. The van der Waals surface area contributed by atoms with Gasteiger partial charge in [-0.25, -0.2) is 0 Å². The Morgan fingerprint density at radius 3 is 2.50 bits per heavy atom. The molecule has 14 heavy (non-hydrogen) atoms. The average Bonchev–Trinajstić information content (AvgIpc) is 2.07. The molecule has 1 aromatic heterocycles. The fourth-order valence-corrected chi connectivity index (χ4v) is 1.10. The van der Waals surface area contributed by atoms with Crippen LogP contribution in [0.4, 0.5) is 13.2 Å². The van der Waals surface area contributed by atoms with Crippen molar-refractivity contribution in [1.82, 2.24) is 4.98 Å². The van der Waals surface area contributed by atoms with Crippen molar-refractivity contribution in [3.05, 3.63) is 28.5 Å². The van der Waals surface area contributed by atoms with Crippen LogP contribution in [0.3, 0.4) is 0 Å². The highest BCUT2D eigenvalue weighted by Crippen LogP contribution is 2.21. The van der Waals surface area contributed by atoms with Crippen molar-refractivity contribution in [3.8, 4) is 0 Å². The summed E-state index contributed by atoms with van der Waals surface area (Å²) in [5.74, 6) is 0. The van der Waals surface area contributed by atoms with Crippen LogP contribution < -0.4 is 5.73 Å². The van der Waals surface area contributed by atoms with E-state index >= 15 is 0 Å². The van der Waals surface area contributed by atoms with E-state index in [4.69, 9.17) is 5.73 Å². The second kappa shape index (κ2) is 4.27. The molecule has 0 bridgehead atoms. The minimum absolute atomic E-state index is 0.295. The van der Waals surface area contributed by atoms with Gasteiger partial charge in [-0.1, -0.05) is 0 Å². The molecule has 2 N–H and O–H groups in total. The molecule has 1 heterocycles. The Morgan fingerprint density at radius 1 is 1.43 bits per heavy atom. The predicted molar refractivity (Wildman–Crippen MR) is 49.7 cm³/mol. The van der Waals surface area contributed by atoms with Crippen LogP contribution >= 0.6 is 15.9 Å². The van der Waals surface area contributed by atoms with Crippen molar-refractivity contribution in [2.75, 3.05) is 0 Å². The number of nitrogens with zero attached hydrogens (tertiary/aromatic N) is 1. The van der Waals surface area contributed by atoms with E-state index in [1.54, 1.807) is 6.07 Å². The highest BCUT2D eigenvalue weighted by molar-refractivity contribution is 9.10. The number of aromatic nitrogens is 1. The molecule has 2 nitrogen and oxygen atoms in total. The molecule has 6 heteroatoms. The monoisotopic (exact) mass is 268 g/mol. The molecule has 0 aliphatic rings. The third-order valence-electron chi connectivity index (χ3n) is 1.64. The van der Waals surface area contributed by atoms with E-state index in [2.05, 4.69) is 20.9 Å². The molecule has 0 saturated heterocycles. The predicted octanol–water partition coefficient (Wildman–Crippen LogP) is 2.28. The number of hydrogen-bond donors (Lipinski definition) is 1. The van der Waals surface area contributed by atoms with Gasteiger partial charge in [-0.3, -0.25) is 4.98 Å². The summed E-state index contributed by atoms with van der Waals surface area (Å²) in [5, 5.41) is 0. The van der Waals surface area contributed by atoms with Gasteiger partial charge in [0.05, 0.1) is 0 Å². The maximum Gasteiger partial charge on any atom is 0.404 e. The van der Waals surface area contributed by atoms with Crippen molar-refractivity contribution in [3.63, 3.8) is 0 Å². The van der Waals surface area contributed by atoms with Crippen LogP contribution in [0, 0.1) is 0 Å². The quantitative estimate of drug-likeness (QED) is 0.894. The molecule has 0 amide bonds. The van der Waals surface area contributed by atoms with Crippen LogP contribution in [0.2, 0.25) is 0 Å². The van der Waals surface area contributed by atoms with Gasteiger partial charge in [0.1, 0.15) is 6.04 Å². The van der Waals surface area contributed by atoms with E-state index in [0.717, 1.165) is 4.47 Å². The Labute approximate surface area is 87.4 Å². The van der Waals surface area contributed by atoms with Crippen LogP contribution in [-0.2, 0) is 6.42 Å². The average molecular weight is 269 g/mol. The molecule has 0 aliphatic heterocycles. The van der Waals surface area contributed by atoms with Gasteiger partial charge in [-0.05, 0) is 28.1 Å². The molecule has 0 saturated carbocycles. The Kier molecular flexibility index (Phi) is 3.49. The number of rotatable bonds is 2. The van der Waals surface area contributed by atoms with Crippen molar-refractivity contribution < 1.29 is 13.2 Å². The van der Waals surface area contributed by atoms with Gasteiger partial charge in [-0.15, -0.1) is 0 Å². The molecule has 0 spiro atoms. The van der Waals surface area contributed by atoms with E-state index < -0.39 is 12.2 Å². The van der Waals surface area contributed by atoms with Crippen molar-refractivity contribution in [2.24, 2.45) is 5.73 Å².